The van der Waals surface area contributed by atoms with Crippen LogP contribution in [0.1, 0.15) is 40.3 Å². The highest BCUT2D eigenvalue weighted by Gasteiger charge is 2.29. The van der Waals surface area contributed by atoms with Gasteiger partial charge in [-0.05, 0) is 48.4 Å². The molecule has 5 rings (SSSR count). The molecule has 0 aliphatic carbocycles. The zero-order valence-electron chi connectivity index (χ0n) is 21.7. The highest BCUT2D eigenvalue weighted by Crippen LogP contribution is 2.27. The Bertz CT molecular complexity index is 1500. The molecule has 2 aliphatic rings. The minimum Gasteiger partial charge on any atom is -0.502 e. The van der Waals surface area contributed by atoms with Gasteiger partial charge < -0.3 is 15.0 Å². The van der Waals surface area contributed by atoms with E-state index in [0.29, 0.717) is 18.7 Å². The minimum atomic E-state index is -0.547. The first kappa shape index (κ1) is 26.2. The van der Waals surface area contributed by atoms with Gasteiger partial charge in [-0.25, -0.2) is 4.98 Å². The van der Waals surface area contributed by atoms with Crippen molar-refractivity contribution in [1.29, 1.82) is 10.5 Å². The Morgan fingerprint density at radius 2 is 1.59 bits per heavy atom. The van der Waals surface area contributed by atoms with E-state index < -0.39 is 5.56 Å². The Balaban J connectivity index is 1.25. The number of nitriles is 2. The summed E-state index contributed by atoms with van der Waals surface area (Å²) in [7, 11) is 0. The van der Waals surface area contributed by atoms with E-state index in [9.17, 15) is 9.90 Å². The Hall–Kier alpha value is -4.42. The first-order valence-electron chi connectivity index (χ1n) is 13.2. The highest BCUT2D eigenvalue weighted by molar-refractivity contribution is 5.44. The smallest absolute Gasteiger partial charge is 0.293 e. The van der Waals surface area contributed by atoms with E-state index in [1.165, 1.54) is 11.9 Å². The maximum Gasteiger partial charge on any atom is 0.293 e. The molecular formula is C31H30N6O2. The minimum absolute atomic E-state index is 0.00144. The molecule has 0 amide bonds. The van der Waals surface area contributed by atoms with Crippen molar-refractivity contribution < 1.29 is 5.11 Å². The SMILES string of the molecule is N#CC1CN(C[C@@H](Cc2nc[nH]c(=O)c2O)c2ccc(C#Cc3ccc(CN4CC[C@H](C#N)C4)cc3)cc2)C1. The maximum absolute atomic E-state index is 11.9. The number of H-pyrrole nitrogens is 1. The summed E-state index contributed by atoms with van der Waals surface area (Å²) in [6.45, 7) is 4.82. The third-order valence-corrected chi connectivity index (χ3v) is 7.51. The van der Waals surface area contributed by atoms with Crippen molar-refractivity contribution in [3.05, 3.63) is 93.2 Å². The van der Waals surface area contributed by atoms with Crippen LogP contribution >= 0.6 is 0 Å². The number of nitrogens with one attached hydrogen (secondary N) is 1. The van der Waals surface area contributed by atoms with Gasteiger partial charge in [0.2, 0.25) is 5.75 Å². The van der Waals surface area contributed by atoms with E-state index in [1.54, 1.807) is 0 Å². The second-order valence-electron chi connectivity index (χ2n) is 10.4. The van der Waals surface area contributed by atoms with Gasteiger partial charge >= 0.3 is 0 Å². The Morgan fingerprint density at radius 1 is 0.949 bits per heavy atom. The molecule has 0 saturated carbocycles. The lowest BCUT2D eigenvalue weighted by Gasteiger charge is -2.37. The van der Waals surface area contributed by atoms with Crippen LogP contribution < -0.4 is 5.56 Å². The number of nitrogens with zero attached hydrogens (tertiary/aromatic N) is 5. The van der Waals surface area contributed by atoms with Crippen LogP contribution in [0.25, 0.3) is 0 Å². The molecule has 0 unspecified atom stereocenters. The monoisotopic (exact) mass is 518 g/mol. The number of hydrogen-bond acceptors (Lipinski definition) is 7. The summed E-state index contributed by atoms with van der Waals surface area (Å²) in [5.74, 6) is 6.33. The zero-order valence-corrected chi connectivity index (χ0v) is 21.7. The number of aromatic hydroxyl groups is 1. The molecule has 0 radical (unpaired) electrons. The molecule has 2 atom stereocenters. The van der Waals surface area contributed by atoms with Gasteiger partial charge in [-0.1, -0.05) is 36.1 Å². The quantitative estimate of drug-likeness (QED) is 0.462. The number of likely N-dealkylation sites (tertiary alicyclic amines) is 2. The number of aromatic nitrogens is 2. The summed E-state index contributed by atoms with van der Waals surface area (Å²) < 4.78 is 0. The molecule has 3 heterocycles. The molecule has 2 fully saturated rings. The average molecular weight is 519 g/mol. The fraction of sp³-hybridized carbons (Fsp3) is 0.355. The van der Waals surface area contributed by atoms with E-state index in [1.807, 2.05) is 36.4 Å². The summed E-state index contributed by atoms with van der Waals surface area (Å²) >= 11 is 0. The van der Waals surface area contributed by atoms with E-state index in [2.05, 4.69) is 55.9 Å². The lowest BCUT2D eigenvalue weighted by Crippen LogP contribution is -2.47. The summed E-state index contributed by atoms with van der Waals surface area (Å²) in [6, 6.07) is 21.0. The van der Waals surface area contributed by atoms with Crippen molar-refractivity contribution in [2.75, 3.05) is 32.7 Å². The van der Waals surface area contributed by atoms with Crippen LogP contribution in [-0.2, 0) is 13.0 Å². The van der Waals surface area contributed by atoms with Crippen molar-refractivity contribution in [2.45, 2.75) is 25.3 Å². The predicted octanol–water partition coefficient (Wildman–Crippen LogP) is 3.00. The van der Waals surface area contributed by atoms with Crippen LogP contribution in [0.2, 0.25) is 0 Å². The number of rotatable bonds is 7. The molecule has 8 nitrogen and oxygen atoms in total. The van der Waals surface area contributed by atoms with Crippen LogP contribution in [-0.4, -0.2) is 57.6 Å². The number of benzene rings is 2. The average Bonchev–Trinajstić information content (AvgIpc) is 3.39. The van der Waals surface area contributed by atoms with Gasteiger partial charge in [0, 0.05) is 56.2 Å². The summed E-state index contributed by atoms with van der Waals surface area (Å²) in [5, 5.41) is 28.4. The van der Waals surface area contributed by atoms with E-state index in [4.69, 9.17) is 10.5 Å². The summed E-state index contributed by atoms with van der Waals surface area (Å²) in [4.78, 5) is 23.0. The zero-order chi connectivity index (χ0) is 27.2. The third-order valence-electron chi connectivity index (χ3n) is 7.51. The van der Waals surface area contributed by atoms with Crippen LogP contribution in [0, 0.1) is 46.3 Å². The van der Waals surface area contributed by atoms with Gasteiger partial charge in [0.25, 0.3) is 5.56 Å². The van der Waals surface area contributed by atoms with Crippen molar-refractivity contribution in [3.63, 3.8) is 0 Å². The lowest BCUT2D eigenvalue weighted by molar-refractivity contribution is 0.125. The summed E-state index contributed by atoms with van der Waals surface area (Å²) in [6.07, 6.45) is 2.67. The van der Waals surface area contributed by atoms with Gasteiger partial charge in [-0.2, -0.15) is 10.5 Å². The van der Waals surface area contributed by atoms with Gasteiger partial charge in [0.15, 0.2) is 0 Å². The van der Waals surface area contributed by atoms with Crippen LogP contribution in [0.5, 0.6) is 5.75 Å². The largest absolute Gasteiger partial charge is 0.502 e. The molecule has 0 bridgehead atoms. The standard InChI is InChI=1S/C31H30N6O2/c32-14-25-11-12-36(17-25)16-24-5-3-22(4-6-24)1-2-23-7-9-27(10-8-23)28(20-37-18-26(15-33)19-37)13-29-30(38)31(39)35-21-34-29/h3-10,21,25-26,28,38H,11-13,16-20H2,(H,34,35,39)/t25-,28-/m1/s1. The first-order valence-corrected chi connectivity index (χ1v) is 13.2. The molecule has 1 aromatic heterocycles. The molecule has 2 N–H and O–H groups in total. The second-order valence-corrected chi connectivity index (χ2v) is 10.4. The first-order chi connectivity index (χ1) is 19.0. The fourth-order valence-corrected chi connectivity index (χ4v) is 5.23. The van der Waals surface area contributed by atoms with E-state index in [0.717, 1.165) is 55.8 Å². The Labute approximate surface area is 228 Å². The normalized spacial score (nSPS) is 18.4. The van der Waals surface area contributed by atoms with E-state index in [-0.39, 0.29) is 23.5 Å². The molecule has 196 valence electrons. The predicted molar refractivity (Wildman–Crippen MR) is 146 cm³/mol. The van der Waals surface area contributed by atoms with E-state index >= 15 is 0 Å². The molecule has 2 saturated heterocycles. The molecule has 2 aromatic carbocycles. The van der Waals surface area contributed by atoms with Gasteiger partial charge in [-0.3, -0.25) is 9.69 Å². The fourth-order valence-electron chi connectivity index (χ4n) is 5.23. The van der Waals surface area contributed by atoms with Crippen molar-refractivity contribution in [2.24, 2.45) is 11.8 Å². The molecule has 8 heteroatoms. The number of aromatic amines is 1. The molecule has 2 aliphatic heterocycles. The Morgan fingerprint density at radius 3 is 2.23 bits per heavy atom. The topological polar surface area (TPSA) is 120 Å². The number of hydrogen-bond donors (Lipinski definition) is 2. The highest BCUT2D eigenvalue weighted by atomic mass is 16.3. The van der Waals surface area contributed by atoms with Crippen molar-refractivity contribution in [3.8, 4) is 29.7 Å². The lowest BCUT2D eigenvalue weighted by atomic mass is 9.90. The third kappa shape index (κ3) is 6.54. The molecule has 3 aromatic rings. The second kappa shape index (κ2) is 12.0. The van der Waals surface area contributed by atoms with Gasteiger partial charge in [0.1, 0.15) is 0 Å². The van der Waals surface area contributed by atoms with Gasteiger partial charge in [-0.15, -0.1) is 0 Å². The van der Waals surface area contributed by atoms with Crippen molar-refractivity contribution >= 4 is 0 Å². The van der Waals surface area contributed by atoms with Crippen molar-refractivity contribution in [1.82, 2.24) is 19.8 Å². The Kier molecular flexibility index (Phi) is 8.04. The molecular weight excluding hydrogens is 488 g/mol. The molecule has 39 heavy (non-hydrogen) atoms. The molecule has 0 spiro atoms. The summed E-state index contributed by atoms with van der Waals surface area (Å²) in [5.41, 5.74) is 3.94. The van der Waals surface area contributed by atoms with Crippen LogP contribution in [0.3, 0.4) is 0 Å². The van der Waals surface area contributed by atoms with Gasteiger partial charge in [0.05, 0.1) is 36.0 Å². The maximum atomic E-state index is 11.9. The van der Waals surface area contributed by atoms with Crippen LogP contribution in [0.15, 0.2) is 59.7 Å². The van der Waals surface area contributed by atoms with Crippen LogP contribution in [0.4, 0.5) is 0 Å².